The smallest absolute Gasteiger partial charge is 0.191 e. The SMILES string of the molecule is CCNC(=NCC(C)Sc1ccccc1)NCC1CC1. The second kappa shape index (κ2) is 8.20. The Morgan fingerprint density at radius 1 is 1.30 bits per heavy atom. The van der Waals surface area contributed by atoms with E-state index in [2.05, 4.69) is 59.8 Å². The normalized spacial score (nSPS) is 16.8. The Morgan fingerprint density at radius 3 is 2.70 bits per heavy atom. The van der Waals surface area contributed by atoms with Gasteiger partial charge in [-0.15, -0.1) is 11.8 Å². The van der Waals surface area contributed by atoms with Crippen molar-refractivity contribution in [3.8, 4) is 0 Å². The maximum atomic E-state index is 4.68. The highest BCUT2D eigenvalue weighted by molar-refractivity contribution is 8.00. The van der Waals surface area contributed by atoms with Crippen molar-refractivity contribution in [1.29, 1.82) is 0 Å². The Labute approximate surface area is 126 Å². The molecule has 0 heterocycles. The zero-order chi connectivity index (χ0) is 14.2. The first-order valence-electron chi connectivity index (χ1n) is 7.51. The van der Waals surface area contributed by atoms with Crippen LogP contribution in [0.5, 0.6) is 0 Å². The van der Waals surface area contributed by atoms with Crippen LogP contribution in [-0.4, -0.2) is 30.8 Å². The molecule has 0 amide bonds. The average molecular weight is 291 g/mol. The van der Waals surface area contributed by atoms with Crippen LogP contribution in [0.1, 0.15) is 26.7 Å². The number of hydrogen-bond acceptors (Lipinski definition) is 2. The van der Waals surface area contributed by atoms with Gasteiger partial charge in [0.1, 0.15) is 0 Å². The highest BCUT2D eigenvalue weighted by Gasteiger charge is 2.21. The first-order valence-corrected chi connectivity index (χ1v) is 8.39. The van der Waals surface area contributed by atoms with E-state index < -0.39 is 0 Å². The van der Waals surface area contributed by atoms with Crippen molar-refractivity contribution in [2.45, 2.75) is 36.8 Å². The van der Waals surface area contributed by atoms with Gasteiger partial charge >= 0.3 is 0 Å². The van der Waals surface area contributed by atoms with Gasteiger partial charge in [0.25, 0.3) is 0 Å². The standard InChI is InChI=1S/C16H25N3S/c1-3-17-16(19-12-14-9-10-14)18-11-13(2)20-15-7-5-4-6-8-15/h4-8,13-14H,3,9-12H2,1-2H3,(H2,17,18,19). The van der Waals surface area contributed by atoms with Crippen molar-refractivity contribution < 1.29 is 0 Å². The Bertz CT molecular complexity index is 415. The van der Waals surface area contributed by atoms with E-state index in [1.165, 1.54) is 17.7 Å². The van der Waals surface area contributed by atoms with Gasteiger partial charge in [-0.2, -0.15) is 0 Å². The lowest BCUT2D eigenvalue weighted by Gasteiger charge is -2.13. The predicted octanol–water partition coefficient (Wildman–Crippen LogP) is 3.13. The van der Waals surface area contributed by atoms with Crippen molar-refractivity contribution in [3.05, 3.63) is 30.3 Å². The van der Waals surface area contributed by atoms with E-state index in [9.17, 15) is 0 Å². The Balaban J connectivity index is 1.77. The zero-order valence-corrected chi connectivity index (χ0v) is 13.2. The van der Waals surface area contributed by atoms with Gasteiger partial charge in [0, 0.05) is 23.2 Å². The van der Waals surface area contributed by atoms with E-state index in [4.69, 9.17) is 0 Å². The molecule has 1 atom stereocenters. The third-order valence-electron chi connectivity index (χ3n) is 3.19. The van der Waals surface area contributed by atoms with Crippen molar-refractivity contribution in [1.82, 2.24) is 10.6 Å². The minimum Gasteiger partial charge on any atom is -0.357 e. The molecule has 1 saturated carbocycles. The summed E-state index contributed by atoms with van der Waals surface area (Å²) in [4.78, 5) is 5.99. The number of hydrogen-bond donors (Lipinski definition) is 2. The van der Waals surface area contributed by atoms with Crippen LogP contribution in [0.25, 0.3) is 0 Å². The van der Waals surface area contributed by atoms with Crippen LogP contribution in [0, 0.1) is 5.92 Å². The Morgan fingerprint density at radius 2 is 2.05 bits per heavy atom. The van der Waals surface area contributed by atoms with Crippen LogP contribution >= 0.6 is 11.8 Å². The summed E-state index contributed by atoms with van der Waals surface area (Å²) < 4.78 is 0. The molecule has 0 aromatic heterocycles. The van der Waals surface area contributed by atoms with Crippen molar-refractivity contribution in [2.75, 3.05) is 19.6 Å². The lowest BCUT2D eigenvalue weighted by Crippen LogP contribution is -2.38. The van der Waals surface area contributed by atoms with E-state index in [1.54, 1.807) is 0 Å². The minimum atomic E-state index is 0.480. The summed E-state index contributed by atoms with van der Waals surface area (Å²) in [6, 6.07) is 10.5. The molecule has 2 rings (SSSR count). The summed E-state index contributed by atoms with van der Waals surface area (Å²) in [5, 5.41) is 7.23. The molecular formula is C16H25N3S. The number of benzene rings is 1. The molecule has 1 aliphatic carbocycles. The third kappa shape index (κ3) is 5.87. The average Bonchev–Trinajstić information content (AvgIpc) is 3.27. The molecule has 4 heteroatoms. The van der Waals surface area contributed by atoms with Gasteiger partial charge < -0.3 is 10.6 Å². The first-order chi connectivity index (χ1) is 9.78. The van der Waals surface area contributed by atoms with Gasteiger partial charge in [-0.1, -0.05) is 25.1 Å². The molecule has 1 fully saturated rings. The molecule has 0 bridgehead atoms. The first kappa shape index (κ1) is 15.2. The van der Waals surface area contributed by atoms with Gasteiger partial charge in [0.05, 0.1) is 6.54 Å². The molecular weight excluding hydrogens is 266 g/mol. The van der Waals surface area contributed by atoms with Gasteiger partial charge in [0.2, 0.25) is 0 Å². The van der Waals surface area contributed by atoms with Gasteiger partial charge in [-0.3, -0.25) is 4.99 Å². The number of aliphatic imine (C=N–C) groups is 1. The number of thioether (sulfide) groups is 1. The number of rotatable bonds is 7. The molecule has 3 nitrogen and oxygen atoms in total. The van der Waals surface area contributed by atoms with Crippen LogP contribution in [0.3, 0.4) is 0 Å². The van der Waals surface area contributed by atoms with Gasteiger partial charge in [0.15, 0.2) is 5.96 Å². The molecule has 110 valence electrons. The zero-order valence-electron chi connectivity index (χ0n) is 12.4. The third-order valence-corrected chi connectivity index (χ3v) is 4.28. The van der Waals surface area contributed by atoms with E-state index in [0.29, 0.717) is 5.25 Å². The maximum absolute atomic E-state index is 4.68. The van der Waals surface area contributed by atoms with Crippen LogP contribution in [-0.2, 0) is 0 Å². The molecule has 1 aromatic rings. The molecule has 1 aliphatic rings. The van der Waals surface area contributed by atoms with E-state index in [1.807, 2.05) is 11.8 Å². The Kier molecular flexibility index (Phi) is 6.25. The summed E-state index contributed by atoms with van der Waals surface area (Å²) in [6.07, 6.45) is 2.74. The highest BCUT2D eigenvalue weighted by Crippen LogP contribution is 2.27. The number of nitrogens with zero attached hydrogens (tertiary/aromatic N) is 1. The summed E-state index contributed by atoms with van der Waals surface area (Å²) in [5.41, 5.74) is 0. The fourth-order valence-corrected chi connectivity index (χ4v) is 2.82. The summed E-state index contributed by atoms with van der Waals surface area (Å²) in [5.74, 6) is 1.83. The lowest BCUT2D eigenvalue weighted by molar-refractivity contribution is 0.738. The Hall–Kier alpha value is -1.16. The second-order valence-corrected chi connectivity index (χ2v) is 6.80. The minimum absolute atomic E-state index is 0.480. The fraction of sp³-hybridized carbons (Fsp3) is 0.562. The second-order valence-electron chi connectivity index (χ2n) is 5.29. The molecule has 0 radical (unpaired) electrons. The molecule has 0 spiro atoms. The van der Waals surface area contributed by atoms with E-state index in [-0.39, 0.29) is 0 Å². The maximum Gasteiger partial charge on any atom is 0.191 e. The molecule has 20 heavy (non-hydrogen) atoms. The fourth-order valence-electron chi connectivity index (χ4n) is 1.89. The monoisotopic (exact) mass is 291 g/mol. The summed E-state index contributed by atoms with van der Waals surface area (Å²) in [7, 11) is 0. The molecule has 1 aromatic carbocycles. The molecule has 0 saturated heterocycles. The van der Waals surface area contributed by atoms with Crippen molar-refractivity contribution >= 4 is 17.7 Å². The van der Waals surface area contributed by atoms with Crippen LogP contribution in [0.4, 0.5) is 0 Å². The predicted molar refractivity (Wildman–Crippen MR) is 88.5 cm³/mol. The van der Waals surface area contributed by atoms with Gasteiger partial charge in [-0.05, 0) is 37.8 Å². The summed E-state index contributed by atoms with van der Waals surface area (Å²) in [6.45, 7) is 7.14. The number of nitrogens with one attached hydrogen (secondary N) is 2. The van der Waals surface area contributed by atoms with E-state index in [0.717, 1.165) is 31.5 Å². The molecule has 0 aliphatic heterocycles. The highest BCUT2D eigenvalue weighted by atomic mass is 32.2. The van der Waals surface area contributed by atoms with Crippen molar-refractivity contribution in [2.24, 2.45) is 10.9 Å². The molecule has 1 unspecified atom stereocenters. The largest absolute Gasteiger partial charge is 0.357 e. The van der Waals surface area contributed by atoms with Crippen LogP contribution < -0.4 is 10.6 Å². The van der Waals surface area contributed by atoms with Crippen LogP contribution in [0.2, 0.25) is 0 Å². The molecule has 2 N–H and O–H groups in total. The van der Waals surface area contributed by atoms with Gasteiger partial charge in [-0.25, -0.2) is 0 Å². The van der Waals surface area contributed by atoms with E-state index >= 15 is 0 Å². The lowest BCUT2D eigenvalue weighted by atomic mass is 10.4. The quantitative estimate of drug-likeness (QED) is 0.460. The summed E-state index contributed by atoms with van der Waals surface area (Å²) >= 11 is 1.88. The van der Waals surface area contributed by atoms with Crippen LogP contribution in [0.15, 0.2) is 40.2 Å². The topological polar surface area (TPSA) is 36.4 Å². The number of guanidine groups is 1. The van der Waals surface area contributed by atoms with Crippen molar-refractivity contribution in [3.63, 3.8) is 0 Å².